The van der Waals surface area contributed by atoms with E-state index in [2.05, 4.69) is 11.4 Å². The normalized spacial score (nSPS) is 24.6. The number of rotatable bonds is 6. The zero-order chi connectivity index (χ0) is 15.6. The fraction of sp³-hybridized carbons (Fsp3) is 0.611. The summed E-state index contributed by atoms with van der Waals surface area (Å²) in [6, 6.07) is 8.15. The maximum absolute atomic E-state index is 12.5. The molecular weight excluding hydrogens is 312 g/mol. The summed E-state index contributed by atoms with van der Waals surface area (Å²) in [5, 5.41) is 3.19. The number of nitrogens with one attached hydrogen (secondary N) is 1. The van der Waals surface area contributed by atoms with E-state index in [-0.39, 0.29) is 29.6 Å². The minimum absolute atomic E-state index is 0. The molecule has 0 aromatic heterocycles. The standard InChI is InChI=1S/C18H26N2O2.ClH/c1-22-16-8-3-2-7-15(16)18(9-10-18)12-20-17(21)14-6-4-5-13(14)11-19;/h2-3,7-8,13-14H,4-6,9-12,19H2,1H3,(H,20,21);1H/t13-,14-;/m1./s1. The molecule has 0 aliphatic heterocycles. The second-order valence-electron chi connectivity index (χ2n) is 6.73. The van der Waals surface area contributed by atoms with Gasteiger partial charge in [-0.15, -0.1) is 12.4 Å². The quantitative estimate of drug-likeness (QED) is 0.838. The van der Waals surface area contributed by atoms with Crippen LogP contribution in [-0.4, -0.2) is 26.1 Å². The van der Waals surface area contributed by atoms with Crippen LogP contribution in [0, 0.1) is 11.8 Å². The van der Waals surface area contributed by atoms with Gasteiger partial charge < -0.3 is 15.8 Å². The highest BCUT2D eigenvalue weighted by Crippen LogP contribution is 2.50. The van der Waals surface area contributed by atoms with Crippen molar-refractivity contribution in [2.45, 2.75) is 37.5 Å². The van der Waals surface area contributed by atoms with Gasteiger partial charge in [-0.3, -0.25) is 4.79 Å². The van der Waals surface area contributed by atoms with Crippen LogP contribution in [0.3, 0.4) is 0 Å². The van der Waals surface area contributed by atoms with Crippen molar-refractivity contribution in [2.75, 3.05) is 20.2 Å². The smallest absolute Gasteiger partial charge is 0.223 e. The van der Waals surface area contributed by atoms with Crippen LogP contribution in [0.2, 0.25) is 0 Å². The molecule has 0 saturated heterocycles. The summed E-state index contributed by atoms with van der Waals surface area (Å²) in [4.78, 5) is 12.5. The minimum atomic E-state index is 0. The molecule has 2 aliphatic carbocycles. The van der Waals surface area contributed by atoms with Crippen molar-refractivity contribution >= 4 is 18.3 Å². The molecule has 0 bridgehead atoms. The Morgan fingerprint density at radius 1 is 1.35 bits per heavy atom. The number of hydrogen-bond donors (Lipinski definition) is 2. The largest absolute Gasteiger partial charge is 0.496 e. The Balaban J connectivity index is 0.00000192. The van der Waals surface area contributed by atoms with Gasteiger partial charge in [0.25, 0.3) is 0 Å². The average molecular weight is 339 g/mol. The van der Waals surface area contributed by atoms with E-state index in [1.54, 1.807) is 7.11 Å². The van der Waals surface area contributed by atoms with E-state index in [0.717, 1.165) is 37.9 Å². The summed E-state index contributed by atoms with van der Waals surface area (Å²) in [6.45, 7) is 1.33. The molecule has 2 aliphatic rings. The second-order valence-corrected chi connectivity index (χ2v) is 6.73. The minimum Gasteiger partial charge on any atom is -0.496 e. The lowest BCUT2D eigenvalue weighted by Gasteiger charge is -2.22. The maximum atomic E-state index is 12.5. The molecule has 5 heteroatoms. The van der Waals surface area contributed by atoms with Crippen molar-refractivity contribution in [3.05, 3.63) is 29.8 Å². The Morgan fingerprint density at radius 2 is 2.09 bits per heavy atom. The molecular formula is C18H27ClN2O2. The Hall–Kier alpha value is -1.26. The number of benzene rings is 1. The third-order valence-corrected chi connectivity index (χ3v) is 5.43. The van der Waals surface area contributed by atoms with E-state index < -0.39 is 0 Å². The zero-order valence-corrected chi connectivity index (χ0v) is 14.5. The molecule has 2 fully saturated rings. The first-order valence-electron chi connectivity index (χ1n) is 8.31. The molecule has 4 nitrogen and oxygen atoms in total. The number of ether oxygens (including phenoxy) is 1. The summed E-state index contributed by atoms with van der Waals surface area (Å²) in [5.41, 5.74) is 7.08. The van der Waals surface area contributed by atoms with Crippen molar-refractivity contribution in [2.24, 2.45) is 17.6 Å². The van der Waals surface area contributed by atoms with E-state index in [4.69, 9.17) is 10.5 Å². The molecule has 1 aromatic carbocycles. The van der Waals surface area contributed by atoms with Gasteiger partial charge in [0.05, 0.1) is 7.11 Å². The van der Waals surface area contributed by atoms with Gasteiger partial charge in [0.2, 0.25) is 5.91 Å². The van der Waals surface area contributed by atoms with Crippen molar-refractivity contribution in [3.63, 3.8) is 0 Å². The SMILES string of the molecule is COc1ccccc1C1(CNC(=O)[C@@H]2CCC[C@@H]2CN)CC1.Cl. The summed E-state index contributed by atoms with van der Waals surface area (Å²) in [6.07, 6.45) is 5.41. The first kappa shape index (κ1) is 18.1. The molecule has 23 heavy (non-hydrogen) atoms. The third kappa shape index (κ3) is 3.64. The molecule has 1 aromatic rings. The van der Waals surface area contributed by atoms with E-state index in [0.29, 0.717) is 19.0 Å². The summed E-state index contributed by atoms with van der Waals surface area (Å²) in [5.74, 6) is 1.59. The molecule has 2 atom stereocenters. The molecule has 2 saturated carbocycles. The van der Waals surface area contributed by atoms with Gasteiger partial charge in [0.1, 0.15) is 5.75 Å². The number of para-hydroxylation sites is 1. The molecule has 0 radical (unpaired) electrons. The number of methoxy groups -OCH3 is 1. The van der Waals surface area contributed by atoms with Gasteiger partial charge in [-0.25, -0.2) is 0 Å². The van der Waals surface area contributed by atoms with Crippen molar-refractivity contribution < 1.29 is 9.53 Å². The van der Waals surface area contributed by atoms with Gasteiger partial charge in [-0.2, -0.15) is 0 Å². The lowest BCUT2D eigenvalue weighted by Crippen LogP contribution is -2.39. The van der Waals surface area contributed by atoms with Gasteiger partial charge in [-0.1, -0.05) is 24.6 Å². The molecule has 0 spiro atoms. The topological polar surface area (TPSA) is 64.3 Å². The Bertz CT molecular complexity index is 546. The van der Waals surface area contributed by atoms with Crippen LogP contribution in [0.4, 0.5) is 0 Å². The molecule has 0 unspecified atom stereocenters. The maximum Gasteiger partial charge on any atom is 0.223 e. The summed E-state index contributed by atoms with van der Waals surface area (Å²) >= 11 is 0. The van der Waals surface area contributed by atoms with Crippen LogP contribution in [0.15, 0.2) is 24.3 Å². The predicted molar refractivity (Wildman–Crippen MR) is 94.0 cm³/mol. The fourth-order valence-electron chi connectivity index (χ4n) is 3.83. The number of carbonyl (C=O) groups is 1. The van der Waals surface area contributed by atoms with Gasteiger partial charge in [0.15, 0.2) is 0 Å². The predicted octanol–water partition coefficient (Wildman–Crippen LogP) is 2.64. The molecule has 0 heterocycles. The summed E-state index contributed by atoms with van der Waals surface area (Å²) < 4.78 is 5.48. The van der Waals surface area contributed by atoms with Crippen LogP contribution in [0.5, 0.6) is 5.75 Å². The van der Waals surface area contributed by atoms with Crippen molar-refractivity contribution in [1.29, 1.82) is 0 Å². The molecule has 3 rings (SSSR count). The zero-order valence-electron chi connectivity index (χ0n) is 13.7. The van der Waals surface area contributed by atoms with Crippen molar-refractivity contribution in [3.8, 4) is 5.75 Å². The van der Waals surface area contributed by atoms with Crippen LogP contribution in [-0.2, 0) is 10.2 Å². The first-order chi connectivity index (χ1) is 10.7. The fourth-order valence-corrected chi connectivity index (χ4v) is 3.83. The summed E-state index contributed by atoms with van der Waals surface area (Å²) in [7, 11) is 1.71. The Kier molecular flexibility index (Phi) is 5.93. The van der Waals surface area contributed by atoms with E-state index in [1.807, 2.05) is 18.2 Å². The molecule has 128 valence electrons. The van der Waals surface area contributed by atoms with E-state index in [1.165, 1.54) is 5.56 Å². The van der Waals surface area contributed by atoms with Crippen molar-refractivity contribution in [1.82, 2.24) is 5.32 Å². The number of hydrogen-bond acceptors (Lipinski definition) is 3. The number of halogens is 1. The number of nitrogens with two attached hydrogens (primary N) is 1. The second kappa shape index (κ2) is 7.54. The highest BCUT2D eigenvalue weighted by Gasteiger charge is 2.46. The van der Waals surface area contributed by atoms with Gasteiger partial charge in [-0.05, 0) is 44.2 Å². The van der Waals surface area contributed by atoms with E-state index in [9.17, 15) is 4.79 Å². The van der Waals surface area contributed by atoms with E-state index >= 15 is 0 Å². The number of carbonyl (C=O) groups excluding carboxylic acids is 1. The highest BCUT2D eigenvalue weighted by molar-refractivity contribution is 5.85. The Labute approximate surface area is 144 Å². The number of amides is 1. The Morgan fingerprint density at radius 3 is 2.74 bits per heavy atom. The first-order valence-corrected chi connectivity index (χ1v) is 8.31. The molecule has 1 amide bonds. The van der Waals surface area contributed by atoms with Crippen LogP contribution >= 0.6 is 12.4 Å². The monoisotopic (exact) mass is 338 g/mol. The average Bonchev–Trinajstić information content (AvgIpc) is 3.20. The van der Waals surface area contributed by atoms with Gasteiger partial charge in [0, 0.05) is 23.4 Å². The molecule has 3 N–H and O–H groups in total. The van der Waals surface area contributed by atoms with Gasteiger partial charge >= 0.3 is 0 Å². The third-order valence-electron chi connectivity index (χ3n) is 5.43. The van der Waals surface area contributed by atoms with Crippen LogP contribution in [0.1, 0.15) is 37.7 Å². The van der Waals surface area contributed by atoms with Crippen LogP contribution < -0.4 is 15.8 Å². The van der Waals surface area contributed by atoms with Crippen LogP contribution in [0.25, 0.3) is 0 Å². The lowest BCUT2D eigenvalue weighted by molar-refractivity contribution is -0.126. The highest BCUT2D eigenvalue weighted by atomic mass is 35.5. The lowest BCUT2D eigenvalue weighted by atomic mass is 9.92.